The fourth-order valence-corrected chi connectivity index (χ4v) is 1.50. The maximum atomic E-state index is 13.5. The first-order valence-electron chi connectivity index (χ1n) is 4.60. The molecule has 6 heteroatoms. The van der Waals surface area contributed by atoms with Crippen LogP contribution >= 0.6 is 0 Å². The van der Waals surface area contributed by atoms with E-state index in [0.29, 0.717) is 6.07 Å². The molecule has 2 rings (SSSR count). The number of carbonyl (C=O) groups is 1. The van der Waals surface area contributed by atoms with Gasteiger partial charge in [0.2, 0.25) is 0 Å². The number of rotatable bonds is 2. The Kier molecular flexibility index (Phi) is 2.63. The number of aromatic carboxylic acids is 1. The van der Waals surface area contributed by atoms with E-state index in [0.717, 1.165) is 12.1 Å². The summed E-state index contributed by atoms with van der Waals surface area (Å²) in [6.45, 7) is 0. The molecule has 1 aromatic carbocycles. The van der Waals surface area contributed by atoms with Gasteiger partial charge in [0.05, 0.1) is 7.11 Å². The van der Waals surface area contributed by atoms with Crippen molar-refractivity contribution >= 4 is 16.9 Å². The average molecular weight is 239 g/mol. The molecular weight excluding hydrogens is 232 g/mol. The molecule has 88 valence electrons. The number of pyridine rings is 1. The van der Waals surface area contributed by atoms with Crippen LogP contribution in [0.25, 0.3) is 10.9 Å². The molecular formula is C11H7F2NO3. The first-order valence-corrected chi connectivity index (χ1v) is 4.60. The van der Waals surface area contributed by atoms with Crippen molar-refractivity contribution in [2.24, 2.45) is 0 Å². The number of fused-ring (bicyclic) bond motifs is 1. The molecule has 0 atom stereocenters. The van der Waals surface area contributed by atoms with E-state index in [1.807, 2.05) is 0 Å². The first-order chi connectivity index (χ1) is 8.02. The Bertz CT molecular complexity index is 613. The van der Waals surface area contributed by atoms with Crippen LogP contribution in [-0.2, 0) is 0 Å². The second-order valence-corrected chi connectivity index (χ2v) is 3.30. The summed E-state index contributed by atoms with van der Waals surface area (Å²) >= 11 is 0. The zero-order chi connectivity index (χ0) is 12.6. The van der Waals surface area contributed by atoms with Crippen LogP contribution in [0.4, 0.5) is 8.78 Å². The fourth-order valence-electron chi connectivity index (χ4n) is 1.50. The van der Waals surface area contributed by atoms with Crippen LogP contribution in [0.2, 0.25) is 0 Å². The van der Waals surface area contributed by atoms with Crippen molar-refractivity contribution in [3.8, 4) is 5.75 Å². The minimum absolute atomic E-state index is 0.0609. The molecule has 4 nitrogen and oxygen atoms in total. The summed E-state index contributed by atoms with van der Waals surface area (Å²) in [5, 5.41) is 8.89. The van der Waals surface area contributed by atoms with Crippen LogP contribution in [0, 0.1) is 11.6 Å². The zero-order valence-corrected chi connectivity index (χ0v) is 8.70. The van der Waals surface area contributed by atoms with Crippen LogP contribution in [-0.4, -0.2) is 23.2 Å². The molecule has 17 heavy (non-hydrogen) atoms. The number of ether oxygens (including phenoxy) is 1. The van der Waals surface area contributed by atoms with Gasteiger partial charge in [0.25, 0.3) is 0 Å². The number of nitrogens with zero attached hydrogens (tertiary/aromatic N) is 1. The van der Waals surface area contributed by atoms with E-state index < -0.39 is 17.6 Å². The molecule has 0 unspecified atom stereocenters. The van der Waals surface area contributed by atoms with Gasteiger partial charge in [-0.05, 0) is 6.07 Å². The minimum Gasteiger partial charge on any atom is -0.496 e. The third kappa shape index (κ3) is 1.89. The molecule has 0 aliphatic carbocycles. The number of aromatic nitrogens is 1. The van der Waals surface area contributed by atoms with Gasteiger partial charge in [-0.25, -0.2) is 18.6 Å². The van der Waals surface area contributed by atoms with Crippen molar-refractivity contribution < 1.29 is 23.4 Å². The summed E-state index contributed by atoms with van der Waals surface area (Å²) in [5.74, 6) is -2.96. The molecule has 2 aromatic rings. The largest absolute Gasteiger partial charge is 0.496 e. The van der Waals surface area contributed by atoms with Crippen molar-refractivity contribution in [3.05, 3.63) is 35.5 Å². The zero-order valence-electron chi connectivity index (χ0n) is 8.70. The van der Waals surface area contributed by atoms with Crippen LogP contribution in [0.5, 0.6) is 5.75 Å². The molecule has 0 amide bonds. The molecule has 0 aliphatic rings. The Labute approximate surface area is 94.5 Å². The lowest BCUT2D eigenvalue weighted by molar-refractivity contribution is 0.0690. The van der Waals surface area contributed by atoms with Gasteiger partial charge in [-0.15, -0.1) is 0 Å². The molecule has 0 saturated heterocycles. The fraction of sp³-hybridized carbons (Fsp3) is 0.0909. The Morgan fingerprint density at radius 2 is 2.06 bits per heavy atom. The average Bonchev–Trinajstić information content (AvgIpc) is 2.27. The molecule has 1 heterocycles. The summed E-state index contributed by atoms with van der Waals surface area (Å²) in [6, 6.07) is 2.79. The first kappa shape index (κ1) is 11.3. The lowest BCUT2D eigenvalue weighted by atomic mass is 10.1. The summed E-state index contributed by atoms with van der Waals surface area (Å²) in [5.41, 5.74) is -0.594. The Morgan fingerprint density at radius 1 is 1.35 bits per heavy atom. The molecule has 0 spiro atoms. The van der Waals surface area contributed by atoms with Gasteiger partial charge in [-0.3, -0.25) is 0 Å². The SMILES string of the molecule is COc1cc(C(=O)O)nc2c(F)cc(F)cc12. The summed E-state index contributed by atoms with van der Waals surface area (Å²) < 4.78 is 31.4. The number of hydrogen-bond donors (Lipinski definition) is 1. The van der Waals surface area contributed by atoms with Crippen LogP contribution in [0.3, 0.4) is 0 Å². The molecule has 1 N–H and O–H groups in total. The quantitative estimate of drug-likeness (QED) is 0.872. The maximum absolute atomic E-state index is 13.5. The van der Waals surface area contributed by atoms with E-state index in [9.17, 15) is 13.6 Å². The maximum Gasteiger partial charge on any atom is 0.354 e. The third-order valence-electron chi connectivity index (χ3n) is 2.23. The van der Waals surface area contributed by atoms with Crippen molar-refractivity contribution in [1.29, 1.82) is 0 Å². The minimum atomic E-state index is -1.31. The highest BCUT2D eigenvalue weighted by molar-refractivity contribution is 5.93. The standard InChI is InChI=1S/C11H7F2NO3/c1-17-9-4-8(11(15)16)14-10-6(9)2-5(12)3-7(10)13/h2-4H,1H3,(H,15,16). The molecule has 0 fully saturated rings. The van der Waals surface area contributed by atoms with Gasteiger partial charge < -0.3 is 9.84 Å². The van der Waals surface area contributed by atoms with Gasteiger partial charge in [0.15, 0.2) is 11.5 Å². The van der Waals surface area contributed by atoms with E-state index in [-0.39, 0.29) is 22.3 Å². The normalized spacial score (nSPS) is 10.5. The summed E-state index contributed by atoms with van der Waals surface area (Å²) in [7, 11) is 1.28. The van der Waals surface area contributed by atoms with Crippen LogP contribution in [0.1, 0.15) is 10.5 Å². The van der Waals surface area contributed by atoms with Crippen molar-refractivity contribution in [2.45, 2.75) is 0 Å². The molecule has 0 radical (unpaired) electrons. The van der Waals surface area contributed by atoms with E-state index in [2.05, 4.69) is 4.98 Å². The van der Waals surface area contributed by atoms with Gasteiger partial charge in [0.1, 0.15) is 17.1 Å². The Morgan fingerprint density at radius 3 is 2.65 bits per heavy atom. The summed E-state index contributed by atoms with van der Waals surface area (Å²) in [4.78, 5) is 14.4. The smallest absolute Gasteiger partial charge is 0.354 e. The molecule has 0 aliphatic heterocycles. The number of halogens is 2. The van der Waals surface area contributed by atoms with Crippen LogP contribution < -0.4 is 4.74 Å². The topological polar surface area (TPSA) is 59.4 Å². The van der Waals surface area contributed by atoms with Gasteiger partial charge in [-0.1, -0.05) is 0 Å². The van der Waals surface area contributed by atoms with Crippen molar-refractivity contribution in [3.63, 3.8) is 0 Å². The Balaban J connectivity index is 2.87. The number of benzene rings is 1. The van der Waals surface area contributed by atoms with Gasteiger partial charge >= 0.3 is 5.97 Å². The third-order valence-corrected chi connectivity index (χ3v) is 2.23. The number of carboxylic acid groups (broad SMARTS) is 1. The highest BCUT2D eigenvalue weighted by Crippen LogP contribution is 2.28. The van der Waals surface area contributed by atoms with E-state index in [1.54, 1.807) is 0 Å². The lowest BCUT2D eigenvalue weighted by Crippen LogP contribution is -2.03. The molecule has 1 aromatic heterocycles. The van der Waals surface area contributed by atoms with Gasteiger partial charge in [0, 0.05) is 17.5 Å². The number of methoxy groups -OCH3 is 1. The van der Waals surface area contributed by atoms with Gasteiger partial charge in [-0.2, -0.15) is 0 Å². The van der Waals surface area contributed by atoms with Crippen LogP contribution in [0.15, 0.2) is 18.2 Å². The van der Waals surface area contributed by atoms with Crippen molar-refractivity contribution in [2.75, 3.05) is 7.11 Å². The number of hydrogen-bond acceptors (Lipinski definition) is 3. The molecule has 0 bridgehead atoms. The molecule has 0 saturated carbocycles. The second-order valence-electron chi connectivity index (χ2n) is 3.30. The Hall–Kier alpha value is -2.24. The lowest BCUT2D eigenvalue weighted by Gasteiger charge is -2.07. The highest BCUT2D eigenvalue weighted by atomic mass is 19.1. The van der Waals surface area contributed by atoms with E-state index in [1.165, 1.54) is 7.11 Å². The van der Waals surface area contributed by atoms with E-state index >= 15 is 0 Å². The predicted octanol–water partition coefficient (Wildman–Crippen LogP) is 2.22. The summed E-state index contributed by atoms with van der Waals surface area (Å²) in [6.07, 6.45) is 0. The number of carboxylic acids is 1. The second kappa shape index (κ2) is 3.97. The monoisotopic (exact) mass is 239 g/mol. The van der Waals surface area contributed by atoms with E-state index in [4.69, 9.17) is 9.84 Å². The predicted molar refractivity (Wildman–Crippen MR) is 55.2 cm³/mol. The van der Waals surface area contributed by atoms with Crippen molar-refractivity contribution in [1.82, 2.24) is 4.98 Å². The highest BCUT2D eigenvalue weighted by Gasteiger charge is 2.15.